The monoisotopic (exact) mass is 346 g/mol. The van der Waals surface area contributed by atoms with Gasteiger partial charge in [0.25, 0.3) is 0 Å². The lowest BCUT2D eigenvalue weighted by Crippen LogP contribution is -2.45. The van der Waals surface area contributed by atoms with Gasteiger partial charge in [-0.1, -0.05) is 19.3 Å². The quantitative estimate of drug-likeness (QED) is 0.832. The first-order valence-corrected chi connectivity index (χ1v) is 9.07. The maximum absolute atomic E-state index is 12.0. The first-order valence-electron chi connectivity index (χ1n) is 9.07. The van der Waals surface area contributed by atoms with E-state index in [1.54, 1.807) is 11.8 Å². The molecular weight excluding hydrogens is 316 g/mol. The number of benzene rings is 1. The van der Waals surface area contributed by atoms with E-state index in [1.165, 1.54) is 19.3 Å². The Hall–Kier alpha value is -2.24. The molecule has 2 rings (SSSR count). The minimum atomic E-state index is -0.140. The van der Waals surface area contributed by atoms with Crippen LogP contribution in [0.15, 0.2) is 24.3 Å². The Morgan fingerprint density at radius 3 is 2.20 bits per heavy atom. The number of urea groups is 1. The molecule has 0 atom stereocenters. The number of rotatable bonds is 6. The van der Waals surface area contributed by atoms with Crippen LogP contribution >= 0.6 is 0 Å². The summed E-state index contributed by atoms with van der Waals surface area (Å²) in [6, 6.07) is 7.97. The number of carbonyl (C=O) groups is 2. The van der Waals surface area contributed by atoms with Crippen molar-refractivity contribution in [3.8, 4) is 0 Å². The molecule has 0 bridgehead atoms. The maximum Gasteiger partial charge on any atom is 0.315 e. The number of nitrogens with zero attached hydrogens (tertiary/aromatic N) is 2. The molecule has 0 aliphatic heterocycles. The van der Waals surface area contributed by atoms with Crippen LogP contribution in [0.1, 0.15) is 39.0 Å². The van der Waals surface area contributed by atoms with Gasteiger partial charge in [0, 0.05) is 51.5 Å². The van der Waals surface area contributed by atoms with Gasteiger partial charge in [-0.25, -0.2) is 4.79 Å². The van der Waals surface area contributed by atoms with Crippen LogP contribution in [0, 0.1) is 0 Å². The lowest BCUT2D eigenvalue weighted by atomic mass is 9.96. The number of nitrogens with one attached hydrogen (secondary N) is 2. The van der Waals surface area contributed by atoms with Crippen LogP contribution in [0.5, 0.6) is 0 Å². The molecule has 1 aromatic carbocycles. The molecule has 6 nitrogen and oxygen atoms in total. The summed E-state index contributed by atoms with van der Waals surface area (Å²) < 4.78 is 0. The highest BCUT2D eigenvalue weighted by atomic mass is 16.2. The number of hydrogen-bond acceptors (Lipinski definition) is 3. The number of amides is 3. The van der Waals surface area contributed by atoms with Gasteiger partial charge in [0.05, 0.1) is 0 Å². The van der Waals surface area contributed by atoms with Crippen LogP contribution in [0.3, 0.4) is 0 Å². The van der Waals surface area contributed by atoms with Gasteiger partial charge in [-0.2, -0.15) is 0 Å². The topological polar surface area (TPSA) is 64.7 Å². The lowest BCUT2D eigenvalue weighted by Gasteiger charge is -2.24. The second-order valence-electron chi connectivity index (χ2n) is 6.82. The Morgan fingerprint density at radius 1 is 1.04 bits per heavy atom. The molecule has 3 amide bonds. The third-order valence-corrected chi connectivity index (χ3v) is 4.62. The molecule has 6 heteroatoms. The van der Waals surface area contributed by atoms with Gasteiger partial charge < -0.3 is 20.4 Å². The van der Waals surface area contributed by atoms with Crippen molar-refractivity contribution in [1.29, 1.82) is 0 Å². The molecule has 0 saturated heterocycles. The molecule has 2 N–H and O–H groups in total. The molecule has 0 spiro atoms. The van der Waals surface area contributed by atoms with Gasteiger partial charge in [0.15, 0.2) is 0 Å². The van der Waals surface area contributed by atoms with E-state index in [9.17, 15) is 9.59 Å². The Bertz CT molecular complexity index is 565. The van der Waals surface area contributed by atoms with Crippen molar-refractivity contribution in [2.24, 2.45) is 0 Å². The normalized spacial score (nSPS) is 14.7. The van der Waals surface area contributed by atoms with Crippen LogP contribution in [0.2, 0.25) is 0 Å². The average molecular weight is 346 g/mol. The first kappa shape index (κ1) is 19.1. The zero-order chi connectivity index (χ0) is 18.2. The van der Waals surface area contributed by atoms with Crippen molar-refractivity contribution < 1.29 is 9.59 Å². The van der Waals surface area contributed by atoms with E-state index in [0.29, 0.717) is 13.1 Å². The fourth-order valence-electron chi connectivity index (χ4n) is 3.16. The molecule has 1 aromatic rings. The summed E-state index contributed by atoms with van der Waals surface area (Å²) in [5.74, 6) is -0.0351. The summed E-state index contributed by atoms with van der Waals surface area (Å²) >= 11 is 0. The van der Waals surface area contributed by atoms with Gasteiger partial charge in [-0.3, -0.25) is 4.79 Å². The minimum Gasteiger partial charge on any atom is -0.378 e. The maximum atomic E-state index is 12.0. The highest BCUT2D eigenvalue weighted by Gasteiger charge is 2.16. The highest BCUT2D eigenvalue weighted by molar-refractivity contribution is 5.91. The van der Waals surface area contributed by atoms with Gasteiger partial charge in [0.2, 0.25) is 5.91 Å². The average Bonchev–Trinajstić information content (AvgIpc) is 2.59. The van der Waals surface area contributed by atoms with E-state index >= 15 is 0 Å². The molecule has 0 heterocycles. The van der Waals surface area contributed by atoms with Gasteiger partial charge in [-0.15, -0.1) is 0 Å². The number of anilines is 2. The van der Waals surface area contributed by atoms with E-state index in [2.05, 4.69) is 10.6 Å². The third-order valence-electron chi connectivity index (χ3n) is 4.62. The van der Waals surface area contributed by atoms with E-state index < -0.39 is 0 Å². The Labute approximate surface area is 150 Å². The van der Waals surface area contributed by atoms with Crippen LogP contribution in [-0.4, -0.2) is 45.2 Å². The SMILES string of the molecule is CC(=O)N(CCNC(=O)NC1CCCCC1)c1ccc(N(C)C)cc1. The van der Waals surface area contributed by atoms with Crippen molar-refractivity contribution in [2.45, 2.75) is 45.1 Å². The van der Waals surface area contributed by atoms with Crippen molar-refractivity contribution in [3.63, 3.8) is 0 Å². The number of hydrogen-bond donors (Lipinski definition) is 2. The first-order chi connectivity index (χ1) is 12.0. The van der Waals surface area contributed by atoms with Crippen LogP contribution in [0.4, 0.5) is 16.2 Å². The Balaban J connectivity index is 1.82. The largest absolute Gasteiger partial charge is 0.378 e. The van der Waals surface area contributed by atoms with Gasteiger partial charge in [-0.05, 0) is 37.1 Å². The summed E-state index contributed by atoms with van der Waals surface area (Å²) in [5, 5.41) is 5.89. The molecular formula is C19H30N4O2. The van der Waals surface area contributed by atoms with Gasteiger partial charge in [0.1, 0.15) is 0 Å². The smallest absolute Gasteiger partial charge is 0.315 e. The molecule has 0 radical (unpaired) electrons. The Kier molecular flexibility index (Phi) is 7.10. The molecule has 1 aliphatic carbocycles. The predicted molar refractivity (Wildman–Crippen MR) is 102 cm³/mol. The van der Waals surface area contributed by atoms with Crippen LogP contribution < -0.4 is 20.4 Å². The van der Waals surface area contributed by atoms with Crippen molar-refractivity contribution in [1.82, 2.24) is 10.6 Å². The fourth-order valence-corrected chi connectivity index (χ4v) is 3.16. The Morgan fingerprint density at radius 2 is 1.64 bits per heavy atom. The standard InChI is InChI=1S/C19H30N4O2/c1-15(24)23(18-11-9-17(10-12-18)22(2)3)14-13-20-19(25)21-16-7-5-4-6-8-16/h9-12,16H,4-8,13-14H2,1-3H3,(H2,20,21,25). The minimum absolute atomic E-state index is 0.0351. The molecule has 1 fully saturated rings. The summed E-state index contributed by atoms with van der Waals surface area (Å²) in [5.41, 5.74) is 1.92. The summed E-state index contributed by atoms with van der Waals surface area (Å²) in [7, 11) is 3.96. The van der Waals surface area contributed by atoms with Crippen molar-refractivity contribution in [2.75, 3.05) is 37.0 Å². The second-order valence-corrected chi connectivity index (χ2v) is 6.82. The lowest BCUT2D eigenvalue weighted by molar-refractivity contribution is -0.116. The second kappa shape index (κ2) is 9.30. The molecule has 25 heavy (non-hydrogen) atoms. The number of carbonyl (C=O) groups excluding carboxylic acids is 2. The summed E-state index contributed by atoms with van der Waals surface area (Å²) in [6.45, 7) is 2.42. The molecule has 1 aliphatic rings. The van der Waals surface area contributed by atoms with E-state index in [1.807, 2.05) is 43.3 Å². The molecule has 0 aromatic heterocycles. The zero-order valence-corrected chi connectivity index (χ0v) is 15.5. The van der Waals surface area contributed by atoms with Crippen molar-refractivity contribution in [3.05, 3.63) is 24.3 Å². The molecule has 138 valence electrons. The summed E-state index contributed by atoms with van der Waals surface area (Å²) in [6.07, 6.45) is 5.76. The van der Waals surface area contributed by atoms with E-state index in [-0.39, 0.29) is 18.0 Å². The van der Waals surface area contributed by atoms with Gasteiger partial charge >= 0.3 is 6.03 Å². The highest BCUT2D eigenvalue weighted by Crippen LogP contribution is 2.19. The van der Waals surface area contributed by atoms with Crippen molar-refractivity contribution >= 4 is 23.3 Å². The fraction of sp³-hybridized carbons (Fsp3) is 0.579. The van der Waals surface area contributed by atoms with E-state index in [4.69, 9.17) is 0 Å². The van der Waals surface area contributed by atoms with Crippen LogP contribution in [-0.2, 0) is 4.79 Å². The zero-order valence-electron chi connectivity index (χ0n) is 15.5. The van der Waals surface area contributed by atoms with Crippen LogP contribution in [0.25, 0.3) is 0 Å². The molecule has 1 saturated carbocycles. The molecule has 0 unspecified atom stereocenters. The van der Waals surface area contributed by atoms with E-state index in [0.717, 1.165) is 24.2 Å². The third kappa shape index (κ3) is 5.96. The predicted octanol–water partition coefficient (Wildman–Crippen LogP) is 2.74. The summed E-state index contributed by atoms with van der Waals surface area (Å²) in [4.78, 5) is 27.6.